The van der Waals surface area contributed by atoms with Crippen molar-refractivity contribution >= 4 is 39.8 Å². The van der Waals surface area contributed by atoms with E-state index in [1.54, 1.807) is 0 Å². The van der Waals surface area contributed by atoms with E-state index in [1.165, 1.54) is 12.8 Å². The second kappa shape index (κ2) is 12.8. The van der Waals surface area contributed by atoms with Crippen molar-refractivity contribution in [3.8, 4) is 12.1 Å². The van der Waals surface area contributed by atoms with Crippen LogP contribution in [0.3, 0.4) is 0 Å². The molecule has 1 aromatic heterocycles. The predicted molar refractivity (Wildman–Crippen MR) is 181 cm³/mol. The number of carbonyl (C=O) groups is 1. The highest BCUT2D eigenvalue weighted by molar-refractivity contribution is 6.36. The molecule has 3 aromatic rings. The maximum absolute atomic E-state index is 13.6. The number of anilines is 2. The standard InChI is InChI=1S/C36H42ClN7O3/c1-41-16-5-10-26(41)22-46-36-39-29-21-42(30-12-4-7-23-6-3-11-28(37)31(23)30)17-14-27(29)34(40-36)43-18-19-44(25(20-43)13-15-38)35(45)33-32(47-33)24-8-2-9-24/h3-4,6-7,11-12,24-26,32-33H,2,5,8-10,13-14,16-22H2,1H3/t25-,26-,32-,33-/m0/s1. The molecular formula is C36H42ClN7O3. The van der Waals surface area contributed by atoms with E-state index >= 15 is 0 Å². The molecular weight excluding hydrogens is 614 g/mol. The monoisotopic (exact) mass is 655 g/mol. The maximum Gasteiger partial charge on any atom is 0.318 e. The summed E-state index contributed by atoms with van der Waals surface area (Å²) < 4.78 is 12.2. The van der Waals surface area contributed by atoms with E-state index in [0.717, 1.165) is 77.3 Å². The Morgan fingerprint density at radius 1 is 1.04 bits per heavy atom. The van der Waals surface area contributed by atoms with Crippen molar-refractivity contribution in [3.63, 3.8) is 0 Å². The molecule has 10 nitrogen and oxygen atoms in total. The number of likely N-dealkylation sites (tertiary alicyclic amines) is 1. The highest BCUT2D eigenvalue weighted by Crippen LogP contribution is 2.43. The fourth-order valence-corrected chi connectivity index (χ4v) is 8.33. The summed E-state index contributed by atoms with van der Waals surface area (Å²) in [5, 5.41) is 12.7. The van der Waals surface area contributed by atoms with Crippen LogP contribution in [0.4, 0.5) is 11.5 Å². The van der Waals surface area contributed by atoms with Gasteiger partial charge in [0.2, 0.25) is 0 Å². The number of amides is 1. The lowest BCUT2D eigenvalue weighted by molar-refractivity contribution is -0.135. The number of nitriles is 1. The van der Waals surface area contributed by atoms with Crippen LogP contribution in [-0.4, -0.2) is 96.3 Å². The Morgan fingerprint density at radius 2 is 1.89 bits per heavy atom. The Morgan fingerprint density at radius 3 is 2.66 bits per heavy atom. The number of epoxide rings is 1. The van der Waals surface area contributed by atoms with Gasteiger partial charge in [0.25, 0.3) is 5.91 Å². The first-order valence-electron chi connectivity index (χ1n) is 17.2. The molecule has 1 amide bonds. The number of aromatic nitrogens is 2. The van der Waals surface area contributed by atoms with Crippen LogP contribution in [0.25, 0.3) is 10.8 Å². The van der Waals surface area contributed by atoms with Crippen LogP contribution in [0.2, 0.25) is 5.02 Å². The number of hydrogen-bond donors (Lipinski definition) is 0. The highest BCUT2D eigenvalue weighted by atomic mass is 35.5. The molecule has 0 radical (unpaired) electrons. The Hall–Kier alpha value is -3.65. The van der Waals surface area contributed by atoms with Crippen LogP contribution in [0, 0.1) is 17.2 Å². The number of carbonyl (C=O) groups excluding carboxylic acids is 1. The highest BCUT2D eigenvalue weighted by Gasteiger charge is 2.53. The van der Waals surface area contributed by atoms with Crippen molar-refractivity contribution < 1.29 is 14.3 Å². The van der Waals surface area contributed by atoms with E-state index in [2.05, 4.69) is 52.1 Å². The summed E-state index contributed by atoms with van der Waals surface area (Å²) in [7, 11) is 2.14. The lowest BCUT2D eigenvalue weighted by Gasteiger charge is -2.42. The van der Waals surface area contributed by atoms with E-state index in [1.807, 2.05) is 17.0 Å². The van der Waals surface area contributed by atoms with Crippen LogP contribution in [0.1, 0.15) is 49.8 Å². The molecule has 47 heavy (non-hydrogen) atoms. The molecule has 1 saturated carbocycles. The van der Waals surface area contributed by atoms with Crippen molar-refractivity contribution in [3.05, 3.63) is 52.7 Å². The Bertz CT molecular complexity index is 1700. The fourth-order valence-electron chi connectivity index (χ4n) is 8.05. The first kappa shape index (κ1) is 30.7. The minimum Gasteiger partial charge on any atom is -0.462 e. The summed E-state index contributed by atoms with van der Waals surface area (Å²) in [5.41, 5.74) is 3.16. The normalized spacial score (nSPS) is 26.2. The number of benzene rings is 2. The fraction of sp³-hybridized carbons (Fsp3) is 0.556. The average Bonchev–Trinajstić information content (AvgIpc) is 3.72. The van der Waals surface area contributed by atoms with Crippen molar-refractivity contribution in [2.24, 2.45) is 5.92 Å². The zero-order valence-electron chi connectivity index (χ0n) is 27.0. The molecule has 2 aromatic carbocycles. The smallest absolute Gasteiger partial charge is 0.318 e. The van der Waals surface area contributed by atoms with Gasteiger partial charge in [-0.2, -0.15) is 15.2 Å². The topological polar surface area (TPSA) is 101 Å². The van der Waals surface area contributed by atoms with E-state index < -0.39 is 0 Å². The number of ether oxygens (including phenoxy) is 2. The van der Waals surface area contributed by atoms with Gasteiger partial charge in [-0.3, -0.25) is 4.79 Å². The maximum atomic E-state index is 13.6. The minimum atomic E-state index is -0.345. The predicted octanol–water partition coefficient (Wildman–Crippen LogP) is 4.82. The molecule has 246 valence electrons. The summed E-state index contributed by atoms with van der Waals surface area (Å²) in [6, 6.07) is 15.2. The average molecular weight is 656 g/mol. The summed E-state index contributed by atoms with van der Waals surface area (Å²) in [5.74, 6) is 1.42. The summed E-state index contributed by atoms with van der Waals surface area (Å²) in [6.45, 7) is 4.72. The van der Waals surface area contributed by atoms with Crippen LogP contribution in [0.5, 0.6) is 6.01 Å². The van der Waals surface area contributed by atoms with E-state index in [-0.39, 0.29) is 30.6 Å². The number of rotatable bonds is 8. The number of likely N-dealkylation sites (N-methyl/N-ethyl adjacent to an activating group) is 1. The van der Waals surface area contributed by atoms with Gasteiger partial charge in [0.05, 0.1) is 41.9 Å². The molecule has 0 N–H and O–H groups in total. The third-order valence-electron chi connectivity index (χ3n) is 11.0. The zero-order chi connectivity index (χ0) is 32.1. The third-order valence-corrected chi connectivity index (χ3v) is 11.4. The molecule has 0 spiro atoms. The van der Waals surface area contributed by atoms with E-state index in [9.17, 15) is 10.1 Å². The molecule has 0 unspecified atom stereocenters. The Labute approximate surface area is 281 Å². The number of hydrogen-bond acceptors (Lipinski definition) is 9. The Kier molecular flexibility index (Phi) is 8.32. The van der Waals surface area contributed by atoms with E-state index in [4.69, 9.17) is 31.0 Å². The largest absolute Gasteiger partial charge is 0.462 e. The second-order valence-corrected chi connectivity index (χ2v) is 14.2. The molecule has 4 aliphatic heterocycles. The summed E-state index contributed by atoms with van der Waals surface area (Å²) in [6.07, 6.45) is 6.53. The van der Waals surface area contributed by atoms with Crippen molar-refractivity contribution in [2.45, 2.75) is 75.8 Å². The first-order chi connectivity index (χ1) is 23.0. The molecule has 0 bridgehead atoms. The molecule has 3 saturated heterocycles. The van der Waals surface area contributed by atoms with Crippen LogP contribution >= 0.6 is 11.6 Å². The van der Waals surface area contributed by atoms with Gasteiger partial charge < -0.3 is 29.1 Å². The van der Waals surface area contributed by atoms with E-state index in [0.29, 0.717) is 50.8 Å². The van der Waals surface area contributed by atoms with Gasteiger partial charge in [-0.05, 0) is 69.1 Å². The van der Waals surface area contributed by atoms with Gasteiger partial charge in [-0.15, -0.1) is 0 Å². The van der Waals surface area contributed by atoms with Crippen molar-refractivity contribution in [1.29, 1.82) is 5.26 Å². The molecule has 8 rings (SSSR count). The van der Waals surface area contributed by atoms with Gasteiger partial charge in [-0.1, -0.05) is 42.3 Å². The summed E-state index contributed by atoms with van der Waals surface area (Å²) in [4.78, 5) is 32.5. The zero-order valence-corrected chi connectivity index (χ0v) is 27.7. The molecule has 4 atom stereocenters. The number of fused-ring (bicyclic) bond motifs is 2. The molecule has 1 aliphatic carbocycles. The van der Waals surface area contributed by atoms with Gasteiger partial charge >= 0.3 is 6.01 Å². The lowest BCUT2D eigenvalue weighted by Crippen LogP contribution is -2.57. The van der Waals surface area contributed by atoms with Crippen LogP contribution < -0.4 is 14.5 Å². The molecule has 5 aliphatic rings. The number of piperazine rings is 1. The Balaban J connectivity index is 1.08. The summed E-state index contributed by atoms with van der Waals surface area (Å²) >= 11 is 6.74. The number of halogens is 1. The number of nitrogens with zero attached hydrogens (tertiary/aromatic N) is 7. The molecule has 11 heteroatoms. The first-order valence-corrected chi connectivity index (χ1v) is 17.6. The van der Waals surface area contributed by atoms with Gasteiger partial charge in [0, 0.05) is 48.9 Å². The van der Waals surface area contributed by atoms with Crippen LogP contribution in [-0.2, 0) is 22.5 Å². The molecule has 4 fully saturated rings. The lowest BCUT2D eigenvalue weighted by atomic mass is 9.81. The minimum absolute atomic E-state index is 0.0422. The third kappa shape index (κ3) is 5.87. The quantitative estimate of drug-likeness (QED) is 0.316. The van der Waals surface area contributed by atoms with Gasteiger partial charge in [-0.25, -0.2) is 0 Å². The molecule has 5 heterocycles. The van der Waals surface area contributed by atoms with Gasteiger partial charge in [0.1, 0.15) is 12.4 Å². The van der Waals surface area contributed by atoms with Crippen molar-refractivity contribution in [2.75, 3.05) is 56.2 Å². The van der Waals surface area contributed by atoms with Crippen molar-refractivity contribution in [1.82, 2.24) is 19.8 Å². The van der Waals surface area contributed by atoms with Gasteiger partial charge in [0.15, 0.2) is 6.10 Å². The van der Waals surface area contributed by atoms with Crippen LogP contribution in [0.15, 0.2) is 36.4 Å². The second-order valence-electron chi connectivity index (χ2n) is 13.8. The SMILES string of the molecule is CN1CCC[C@H]1COc1nc2c(c(N3CCN(C(=O)[C@H]4O[C@H]4C4CCC4)[C@@H](CC#N)C3)n1)CCN(c1cccc3cccc(Cl)c13)C2.